The van der Waals surface area contributed by atoms with Gasteiger partial charge in [-0.1, -0.05) is 31.2 Å². The van der Waals surface area contributed by atoms with Crippen LogP contribution in [0.25, 0.3) is 0 Å². The van der Waals surface area contributed by atoms with Gasteiger partial charge in [0, 0.05) is 19.2 Å². The zero-order chi connectivity index (χ0) is 9.97. The second-order valence-electron chi connectivity index (χ2n) is 4.00. The summed E-state index contributed by atoms with van der Waals surface area (Å²) >= 11 is 0. The minimum atomic E-state index is 0.473. The fraction of sp³-hybridized carbons (Fsp3) is 0.417. The third-order valence-corrected chi connectivity index (χ3v) is 2.63. The van der Waals surface area contributed by atoms with Crippen LogP contribution in [0, 0.1) is 5.92 Å². The van der Waals surface area contributed by atoms with Crippen LogP contribution in [0.5, 0.6) is 0 Å². The van der Waals surface area contributed by atoms with Gasteiger partial charge < -0.3 is 0 Å². The lowest BCUT2D eigenvalue weighted by molar-refractivity contribution is 0.587. The SMILES string of the molecule is CC1C=CC=CC(c2ccn(C)n2)C1. The Morgan fingerprint density at radius 1 is 1.36 bits per heavy atom. The fourth-order valence-electron chi connectivity index (χ4n) is 1.86. The lowest BCUT2D eigenvalue weighted by Crippen LogP contribution is -2.01. The van der Waals surface area contributed by atoms with Gasteiger partial charge in [-0.15, -0.1) is 0 Å². The van der Waals surface area contributed by atoms with E-state index in [1.54, 1.807) is 0 Å². The van der Waals surface area contributed by atoms with E-state index in [-0.39, 0.29) is 0 Å². The predicted molar refractivity (Wildman–Crippen MR) is 58.0 cm³/mol. The Balaban J connectivity index is 2.19. The van der Waals surface area contributed by atoms with Gasteiger partial charge in [-0.25, -0.2) is 0 Å². The van der Waals surface area contributed by atoms with E-state index in [0.29, 0.717) is 11.8 Å². The summed E-state index contributed by atoms with van der Waals surface area (Å²) in [6.45, 7) is 2.25. The highest BCUT2D eigenvalue weighted by Gasteiger charge is 2.14. The molecule has 2 heteroatoms. The topological polar surface area (TPSA) is 17.8 Å². The molecule has 0 saturated heterocycles. The molecule has 0 aliphatic heterocycles. The molecule has 74 valence electrons. The molecule has 2 nitrogen and oxygen atoms in total. The Labute approximate surface area is 84.9 Å². The zero-order valence-electron chi connectivity index (χ0n) is 8.72. The average molecular weight is 188 g/mol. The normalized spacial score (nSPS) is 26.4. The molecule has 0 spiro atoms. The Kier molecular flexibility index (Phi) is 2.53. The molecule has 0 saturated carbocycles. The van der Waals surface area contributed by atoms with Crippen LogP contribution in [0.2, 0.25) is 0 Å². The van der Waals surface area contributed by atoms with Gasteiger partial charge in [0.2, 0.25) is 0 Å². The van der Waals surface area contributed by atoms with Crippen molar-refractivity contribution in [2.45, 2.75) is 19.3 Å². The van der Waals surface area contributed by atoms with E-state index in [1.165, 1.54) is 5.69 Å². The van der Waals surface area contributed by atoms with Crippen LogP contribution in [-0.4, -0.2) is 9.78 Å². The third kappa shape index (κ3) is 1.95. The number of nitrogens with zero attached hydrogens (tertiary/aromatic N) is 2. The monoisotopic (exact) mass is 188 g/mol. The molecule has 14 heavy (non-hydrogen) atoms. The highest BCUT2D eigenvalue weighted by molar-refractivity contribution is 5.20. The number of rotatable bonds is 1. The molecule has 1 heterocycles. The zero-order valence-corrected chi connectivity index (χ0v) is 8.72. The van der Waals surface area contributed by atoms with Gasteiger partial charge in [0.25, 0.3) is 0 Å². The van der Waals surface area contributed by atoms with Crippen molar-refractivity contribution in [1.29, 1.82) is 0 Å². The van der Waals surface area contributed by atoms with E-state index in [0.717, 1.165) is 6.42 Å². The first-order valence-electron chi connectivity index (χ1n) is 5.10. The van der Waals surface area contributed by atoms with Crippen LogP contribution in [0.15, 0.2) is 36.6 Å². The molecule has 0 radical (unpaired) electrons. The summed E-state index contributed by atoms with van der Waals surface area (Å²) in [6.07, 6.45) is 11.9. The van der Waals surface area contributed by atoms with Crippen molar-refractivity contribution in [3.05, 3.63) is 42.3 Å². The van der Waals surface area contributed by atoms with Crippen molar-refractivity contribution in [2.24, 2.45) is 13.0 Å². The maximum absolute atomic E-state index is 4.45. The van der Waals surface area contributed by atoms with Crippen molar-refractivity contribution in [1.82, 2.24) is 9.78 Å². The van der Waals surface area contributed by atoms with Crippen molar-refractivity contribution in [2.75, 3.05) is 0 Å². The molecule has 0 bridgehead atoms. The molecular weight excluding hydrogens is 172 g/mol. The minimum Gasteiger partial charge on any atom is -0.276 e. The summed E-state index contributed by atoms with van der Waals surface area (Å²) in [7, 11) is 1.96. The highest BCUT2D eigenvalue weighted by Crippen LogP contribution is 2.26. The maximum atomic E-state index is 4.45. The van der Waals surface area contributed by atoms with Crippen molar-refractivity contribution < 1.29 is 0 Å². The molecule has 0 N–H and O–H groups in total. The van der Waals surface area contributed by atoms with Gasteiger partial charge in [-0.05, 0) is 18.4 Å². The summed E-state index contributed by atoms with van der Waals surface area (Å²) in [5, 5.41) is 4.45. The molecule has 2 atom stereocenters. The molecule has 2 rings (SSSR count). The average Bonchev–Trinajstić information content (AvgIpc) is 2.45. The van der Waals surface area contributed by atoms with Crippen LogP contribution in [0.4, 0.5) is 0 Å². The molecule has 0 aromatic carbocycles. The van der Waals surface area contributed by atoms with Gasteiger partial charge in [0.15, 0.2) is 0 Å². The van der Waals surface area contributed by atoms with Gasteiger partial charge in [0.1, 0.15) is 0 Å². The summed E-state index contributed by atoms with van der Waals surface area (Å²) in [5.74, 6) is 1.11. The molecule has 0 fully saturated rings. The Bertz CT molecular complexity index is 360. The van der Waals surface area contributed by atoms with Gasteiger partial charge in [0.05, 0.1) is 5.69 Å². The van der Waals surface area contributed by atoms with E-state index in [4.69, 9.17) is 0 Å². The number of aromatic nitrogens is 2. The van der Waals surface area contributed by atoms with Gasteiger partial charge in [-0.2, -0.15) is 5.10 Å². The smallest absolute Gasteiger partial charge is 0.0693 e. The first kappa shape index (κ1) is 9.25. The van der Waals surface area contributed by atoms with Crippen LogP contribution in [0.3, 0.4) is 0 Å². The largest absolute Gasteiger partial charge is 0.276 e. The van der Waals surface area contributed by atoms with E-state index in [2.05, 4.69) is 42.4 Å². The first-order valence-corrected chi connectivity index (χ1v) is 5.10. The number of hydrogen-bond donors (Lipinski definition) is 0. The van der Waals surface area contributed by atoms with Crippen LogP contribution >= 0.6 is 0 Å². The van der Waals surface area contributed by atoms with Crippen molar-refractivity contribution in [3.63, 3.8) is 0 Å². The van der Waals surface area contributed by atoms with E-state index in [1.807, 2.05) is 17.9 Å². The fourth-order valence-corrected chi connectivity index (χ4v) is 1.86. The van der Waals surface area contributed by atoms with Crippen molar-refractivity contribution >= 4 is 0 Å². The Morgan fingerprint density at radius 2 is 2.14 bits per heavy atom. The summed E-state index contributed by atoms with van der Waals surface area (Å²) in [6, 6.07) is 2.10. The molecule has 0 amide bonds. The van der Waals surface area contributed by atoms with Crippen LogP contribution in [0.1, 0.15) is 25.0 Å². The molecule has 1 aromatic rings. The number of aryl methyl sites for hydroxylation is 1. The first-order chi connectivity index (χ1) is 6.75. The standard InChI is InChI=1S/C12H16N2/c1-10-5-3-4-6-11(9-10)12-7-8-14(2)13-12/h3-8,10-11H,9H2,1-2H3. The number of allylic oxidation sites excluding steroid dienone is 4. The molecular formula is C12H16N2. The minimum absolute atomic E-state index is 0.473. The van der Waals surface area contributed by atoms with E-state index in [9.17, 15) is 0 Å². The molecule has 2 unspecified atom stereocenters. The maximum Gasteiger partial charge on any atom is 0.0693 e. The van der Waals surface area contributed by atoms with E-state index >= 15 is 0 Å². The quantitative estimate of drug-likeness (QED) is 0.662. The van der Waals surface area contributed by atoms with Crippen LogP contribution < -0.4 is 0 Å². The highest BCUT2D eigenvalue weighted by atomic mass is 15.2. The second kappa shape index (κ2) is 3.82. The predicted octanol–water partition coefficient (Wildman–Crippen LogP) is 2.66. The lowest BCUT2D eigenvalue weighted by Gasteiger charge is -2.11. The molecule has 1 aliphatic carbocycles. The van der Waals surface area contributed by atoms with Gasteiger partial charge >= 0.3 is 0 Å². The Hall–Kier alpha value is -1.31. The van der Waals surface area contributed by atoms with Crippen molar-refractivity contribution in [3.8, 4) is 0 Å². The van der Waals surface area contributed by atoms with E-state index < -0.39 is 0 Å². The second-order valence-corrected chi connectivity index (χ2v) is 4.00. The summed E-state index contributed by atoms with van der Waals surface area (Å²) in [5.41, 5.74) is 1.18. The molecule has 1 aromatic heterocycles. The Morgan fingerprint density at radius 3 is 2.86 bits per heavy atom. The van der Waals surface area contributed by atoms with Crippen LogP contribution in [-0.2, 0) is 7.05 Å². The van der Waals surface area contributed by atoms with Gasteiger partial charge in [-0.3, -0.25) is 4.68 Å². The third-order valence-electron chi connectivity index (χ3n) is 2.63. The summed E-state index contributed by atoms with van der Waals surface area (Å²) < 4.78 is 1.87. The molecule has 1 aliphatic rings. The summed E-state index contributed by atoms with van der Waals surface area (Å²) in [4.78, 5) is 0. The number of hydrogen-bond acceptors (Lipinski definition) is 1. The lowest BCUT2D eigenvalue weighted by atomic mass is 9.94.